The van der Waals surface area contributed by atoms with Crippen LogP contribution >= 0.6 is 0 Å². The van der Waals surface area contributed by atoms with Crippen LogP contribution in [-0.4, -0.2) is 29.4 Å². The van der Waals surface area contributed by atoms with Gasteiger partial charge in [-0.3, -0.25) is 0 Å². The number of amides is 1. The number of benzene rings is 2. The van der Waals surface area contributed by atoms with Gasteiger partial charge in [0, 0.05) is 12.1 Å². The molecule has 1 amide bonds. The second-order valence-corrected chi connectivity index (χ2v) is 8.87. The Kier molecular flexibility index (Phi) is 7.82. The Labute approximate surface area is 174 Å². The van der Waals surface area contributed by atoms with Gasteiger partial charge >= 0.3 is 6.09 Å². The van der Waals surface area contributed by atoms with Gasteiger partial charge in [-0.1, -0.05) is 60.7 Å². The zero-order valence-corrected chi connectivity index (χ0v) is 18.1. The first-order valence-corrected chi connectivity index (χ1v) is 10.1. The lowest BCUT2D eigenvalue weighted by Crippen LogP contribution is -2.43. The lowest BCUT2D eigenvalue weighted by Gasteiger charge is -2.30. The van der Waals surface area contributed by atoms with Gasteiger partial charge in [-0.25, -0.2) is 4.79 Å². The number of nitrogens with one attached hydrogen (secondary N) is 2. The van der Waals surface area contributed by atoms with E-state index in [9.17, 15) is 9.90 Å². The highest BCUT2D eigenvalue weighted by Crippen LogP contribution is 2.22. The van der Waals surface area contributed by atoms with Gasteiger partial charge in [0.05, 0.1) is 12.1 Å². The van der Waals surface area contributed by atoms with Crippen molar-refractivity contribution in [2.75, 3.05) is 6.54 Å². The molecule has 0 bridgehead atoms. The molecule has 29 heavy (non-hydrogen) atoms. The second kappa shape index (κ2) is 9.90. The maximum atomic E-state index is 12.3. The molecule has 0 aliphatic rings. The van der Waals surface area contributed by atoms with E-state index in [0.717, 1.165) is 11.1 Å². The number of aliphatic hydroxyl groups excluding tert-OH is 1. The van der Waals surface area contributed by atoms with E-state index in [0.29, 0.717) is 13.0 Å². The topological polar surface area (TPSA) is 70.6 Å². The molecule has 2 aromatic rings. The molecule has 0 spiro atoms. The number of carbonyl (C=O) groups is 1. The number of hydrogen-bond acceptors (Lipinski definition) is 4. The molecule has 2 aromatic carbocycles. The van der Waals surface area contributed by atoms with E-state index >= 15 is 0 Å². The summed E-state index contributed by atoms with van der Waals surface area (Å²) in [6.45, 7) is 10.1. The normalized spacial score (nSPS) is 14.1. The van der Waals surface area contributed by atoms with Crippen molar-refractivity contribution in [1.29, 1.82) is 0 Å². The summed E-state index contributed by atoms with van der Waals surface area (Å²) >= 11 is 0. The van der Waals surface area contributed by atoms with Crippen molar-refractivity contribution < 1.29 is 14.6 Å². The fourth-order valence-corrected chi connectivity index (χ4v) is 3.10. The first kappa shape index (κ1) is 22.9. The molecule has 0 aliphatic carbocycles. The van der Waals surface area contributed by atoms with E-state index in [4.69, 9.17) is 4.74 Å². The molecule has 0 heterocycles. The number of ether oxygens (including phenoxy) is 1. The summed E-state index contributed by atoms with van der Waals surface area (Å²) in [5, 5.41) is 17.0. The van der Waals surface area contributed by atoms with Gasteiger partial charge in [0.25, 0.3) is 0 Å². The number of hydrogen-bond donors (Lipinski definition) is 3. The highest BCUT2D eigenvalue weighted by Gasteiger charge is 2.25. The van der Waals surface area contributed by atoms with Crippen molar-refractivity contribution in [3.63, 3.8) is 0 Å². The third kappa shape index (κ3) is 7.87. The van der Waals surface area contributed by atoms with E-state index < -0.39 is 17.8 Å². The van der Waals surface area contributed by atoms with Crippen LogP contribution in [0.2, 0.25) is 0 Å². The van der Waals surface area contributed by atoms with Gasteiger partial charge in [-0.15, -0.1) is 0 Å². The first-order valence-electron chi connectivity index (χ1n) is 10.1. The van der Waals surface area contributed by atoms with Crippen molar-refractivity contribution in [3.05, 3.63) is 71.8 Å². The van der Waals surface area contributed by atoms with Gasteiger partial charge in [0.2, 0.25) is 0 Å². The average molecular weight is 399 g/mol. The van der Waals surface area contributed by atoms with E-state index in [-0.39, 0.29) is 11.6 Å². The third-order valence-electron chi connectivity index (χ3n) is 4.68. The maximum Gasteiger partial charge on any atom is 0.408 e. The van der Waals surface area contributed by atoms with E-state index in [1.165, 1.54) is 0 Å². The molecule has 2 atom stereocenters. The van der Waals surface area contributed by atoms with Crippen molar-refractivity contribution in [2.24, 2.45) is 0 Å². The molecule has 2 rings (SSSR count). The Hall–Kier alpha value is -2.37. The van der Waals surface area contributed by atoms with Crippen LogP contribution in [0, 0.1) is 0 Å². The monoisotopic (exact) mass is 398 g/mol. The van der Waals surface area contributed by atoms with E-state index in [1.54, 1.807) is 0 Å². The Balaban J connectivity index is 2.01. The van der Waals surface area contributed by atoms with Gasteiger partial charge in [0.1, 0.15) is 5.60 Å². The summed E-state index contributed by atoms with van der Waals surface area (Å²) in [4.78, 5) is 12.3. The van der Waals surface area contributed by atoms with Crippen LogP contribution in [0.4, 0.5) is 4.79 Å². The minimum Gasteiger partial charge on any atom is -0.444 e. The van der Waals surface area contributed by atoms with Crippen molar-refractivity contribution >= 4 is 6.09 Å². The van der Waals surface area contributed by atoms with Crippen LogP contribution in [0.15, 0.2) is 60.7 Å². The number of carbonyl (C=O) groups excluding carboxylic acids is 1. The fourth-order valence-electron chi connectivity index (χ4n) is 3.10. The Morgan fingerprint density at radius 1 is 0.966 bits per heavy atom. The molecule has 0 fully saturated rings. The molecule has 0 saturated carbocycles. The summed E-state index contributed by atoms with van der Waals surface area (Å²) in [5.74, 6) is 0. The van der Waals surface area contributed by atoms with Crippen LogP contribution in [0.3, 0.4) is 0 Å². The van der Waals surface area contributed by atoms with E-state index in [1.807, 2.05) is 69.3 Å². The number of alkyl carbamates (subject to hydrolysis) is 1. The smallest absolute Gasteiger partial charge is 0.408 e. The van der Waals surface area contributed by atoms with Gasteiger partial charge in [-0.05, 0) is 52.2 Å². The van der Waals surface area contributed by atoms with Crippen LogP contribution in [0.5, 0.6) is 0 Å². The van der Waals surface area contributed by atoms with Crippen LogP contribution in [0.1, 0.15) is 58.2 Å². The predicted octanol–water partition coefficient (Wildman–Crippen LogP) is 4.53. The minimum absolute atomic E-state index is 0.275. The standard InChI is InChI=1S/C24H34N2O3/c1-23(2,3)29-22(28)26-21(18-12-8-6-9-13-18)16-20(27)17-25-24(4,5)19-14-10-7-11-15-19/h6-15,20-21,25,27H,16-17H2,1-5H3,(H,26,28)/t20-,21?/m1/s1. The maximum absolute atomic E-state index is 12.3. The Morgan fingerprint density at radius 2 is 1.52 bits per heavy atom. The lowest BCUT2D eigenvalue weighted by atomic mass is 9.93. The minimum atomic E-state index is -0.641. The molecule has 5 heteroatoms. The number of rotatable bonds is 8. The van der Waals surface area contributed by atoms with Crippen LogP contribution in [-0.2, 0) is 10.3 Å². The van der Waals surface area contributed by atoms with Gasteiger partial charge in [-0.2, -0.15) is 0 Å². The van der Waals surface area contributed by atoms with Crippen LogP contribution < -0.4 is 10.6 Å². The van der Waals surface area contributed by atoms with E-state index in [2.05, 4.69) is 36.6 Å². The van der Waals surface area contributed by atoms with Crippen molar-refractivity contribution in [3.8, 4) is 0 Å². The highest BCUT2D eigenvalue weighted by molar-refractivity contribution is 5.68. The zero-order chi connectivity index (χ0) is 21.5. The highest BCUT2D eigenvalue weighted by atomic mass is 16.6. The molecule has 158 valence electrons. The fraction of sp³-hybridized carbons (Fsp3) is 0.458. The zero-order valence-electron chi connectivity index (χ0n) is 18.1. The summed E-state index contributed by atoms with van der Waals surface area (Å²) in [7, 11) is 0. The Morgan fingerprint density at radius 3 is 2.07 bits per heavy atom. The molecule has 1 unspecified atom stereocenters. The van der Waals surface area contributed by atoms with Crippen molar-refractivity contribution in [1.82, 2.24) is 10.6 Å². The van der Waals surface area contributed by atoms with Crippen molar-refractivity contribution in [2.45, 2.75) is 64.3 Å². The average Bonchev–Trinajstić information content (AvgIpc) is 2.66. The quantitative estimate of drug-likeness (QED) is 0.611. The largest absolute Gasteiger partial charge is 0.444 e. The summed E-state index contributed by atoms with van der Waals surface area (Å²) in [6, 6.07) is 19.4. The number of aliphatic hydroxyl groups is 1. The molecule has 0 aliphatic heterocycles. The molecular formula is C24H34N2O3. The van der Waals surface area contributed by atoms with Crippen LogP contribution in [0.25, 0.3) is 0 Å². The summed E-state index contributed by atoms with van der Waals surface area (Å²) in [6.07, 6.45) is -0.754. The predicted molar refractivity (Wildman–Crippen MR) is 117 cm³/mol. The SMILES string of the molecule is CC(C)(C)OC(=O)NC(C[C@@H](O)CNC(C)(C)c1ccccc1)c1ccccc1. The molecule has 0 radical (unpaired) electrons. The summed E-state index contributed by atoms with van der Waals surface area (Å²) < 4.78 is 5.40. The molecule has 0 saturated heterocycles. The lowest BCUT2D eigenvalue weighted by molar-refractivity contribution is 0.0480. The Bertz CT molecular complexity index is 755. The molecular weight excluding hydrogens is 364 g/mol. The molecule has 0 aromatic heterocycles. The molecule has 3 N–H and O–H groups in total. The second-order valence-electron chi connectivity index (χ2n) is 8.87. The summed E-state index contributed by atoms with van der Waals surface area (Å²) in [5.41, 5.74) is 1.23. The molecule has 5 nitrogen and oxygen atoms in total. The van der Waals surface area contributed by atoms with Gasteiger partial charge < -0.3 is 20.5 Å². The first-order chi connectivity index (χ1) is 13.6. The third-order valence-corrected chi connectivity index (χ3v) is 4.68. The van der Waals surface area contributed by atoms with Gasteiger partial charge in [0.15, 0.2) is 0 Å².